The number of hydrogen-bond donors (Lipinski definition) is 2. The number of benzene rings is 2. The molecule has 2 heterocycles. The first-order valence-electron chi connectivity index (χ1n) is 7.54. The van der Waals surface area contributed by atoms with Crippen LogP contribution < -0.4 is 0 Å². The van der Waals surface area contributed by atoms with Gasteiger partial charge >= 0.3 is 0 Å². The Hall–Kier alpha value is -3.25. The first kappa shape index (κ1) is 15.3. The van der Waals surface area contributed by atoms with Crippen LogP contribution >= 0.6 is 11.6 Å². The summed E-state index contributed by atoms with van der Waals surface area (Å²) in [7, 11) is 0. The average Bonchev–Trinajstić information content (AvgIpc) is 3.31. The molecule has 4 aromatic rings. The second-order valence-corrected chi connectivity index (χ2v) is 5.81. The largest absolute Gasteiger partial charge is 0.285 e. The molecule has 0 bridgehead atoms. The van der Waals surface area contributed by atoms with Crippen molar-refractivity contribution in [3.8, 4) is 22.6 Å². The topological polar surface area (TPSA) is 87.3 Å². The molecule has 0 fully saturated rings. The van der Waals surface area contributed by atoms with Gasteiger partial charge in [0.05, 0.1) is 6.20 Å². The van der Waals surface area contributed by atoms with Crippen LogP contribution in [-0.4, -0.2) is 31.2 Å². The highest BCUT2D eigenvalue weighted by molar-refractivity contribution is 6.30. The molecule has 0 saturated carbocycles. The lowest BCUT2D eigenvalue weighted by Gasteiger charge is -2.00. The van der Waals surface area contributed by atoms with Gasteiger partial charge in [-0.1, -0.05) is 54.1 Å². The fourth-order valence-corrected chi connectivity index (χ4v) is 2.72. The zero-order chi connectivity index (χ0) is 17.2. The van der Waals surface area contributed by atoms with Gasteiger partial charge < -0.3 is 0 Å². The third-order valence-electron chi connectivity index (χ3n) is 3.74. The monoisotopic (exact) mass is 349 g/mol. The number of carbonyl (C=O) groups is 1. The Morgan fingerprint density at radius 2 is 1.84 bits per heavy atom. The minimum Gasteiger partial charge on any atom is -0.285 e. The van der Waals surface area contributed by atoms with Crippen LogP contribution in [0.5, 0.6) is 0 Å². The van der Waals surface area contributed by atoms with Crippen molar-refractivity contribution in [2.75, 3.05) is 0 Å². The van der Waals surface area contributed by atoms with Gasteiger partial charge in [-0.15, -0.1) is 0 Å². The number of ketones is 1. The number of hydrogen-bond acceptors (Lipinski definition) is 4. The molecule has 2 N–H and O–H groups in total. The molecule has 2 aromatic heterocycles. The lowest BCUT2D eigenvalue weighted by atomic mass is 10.1. The Labute approximate surface area is 147 Å². The van der Waals surface area contributed by atoms with E-state index in [1.807, 2.05) is 24.3 Å². The molecule has 0 aliphatic carbocycles. The van der Waals surface area contributed by atoms with Crippen LogP contribution in [0.25, 0.3) is 22.6 Å². The molecule has 0 saturated heterocycles. The molecule has 0 spiro atoms. The zero-order valence-electron chi connectivity index (χ0n) is 12.9. The van der Waals surface area contributed by atoms with Gasteiger partial charge in [0.1, 0.15) is 5.69 Å². The van der Waals surface area contributed by atoms with Gasteiger partial charge in [0.2, 0.25) is 5.78 Å². The van der Waals surface area contributed by atoms with Crippen LogP contribution in [-0.2, 0) is 0 Å². The quantitative estimate of drug-likeness (QED) is 0.549. The number of carbonyl (C=O) groups excluding carboxylic acids is 1. The standard InChI is InChI=1S/C18H12ClN5O/c19-13-8-4-7-12(9-13)14-10-20-22-15(14)17-21-18(24-23-17)16(25)11-5-2-1-3-6-11/h1-10H,(H,20,22)(H,21,23,24). The molecule has 0 amide bonds. The van der Waals surface area contributed by atoms with E-state index < -0.39 is 0 Å². The van der Waals surface area contributed by atoms with E-state index in [1.165, 1.54) is 0 Å². The van der Waals surface area contributed by atoms with Crippen molar-refractivity contribution in [2.24, 2.45) is 0 Å². The maximum Gasteiger partial charge on any atom is 0.229 e. The van der Waals surface area contributed by atoms with Gasteiger partial charge in [-0.3, -0.25) is 15.0 Å². The van der Waals surface area contributed by atoms with Gasteiger partial charge in [-0.2, -0.15) is 10.2 Å². The van der Waals surface area contributed by atoms with E-state index in [4.69, 9.17) is 11.6 Å². The molecule has 6 nitrogen and oxygen atoms in total. The SMILES string of the molecule is O=C(c1ccccc1)c1nc(-c2[nH]ncc2-c2cccc(Cl)c2)n[nH]1. The predicted octanol–water partition coefficient (Wildman–Crippen LogP) is 3.75. The van der Waals surface area contributed by atoms with Crippen LogP contribution in [0.2, 0.25) is 5.02 Å². The van der Waals surface area contributed by atoms with Crippen LogP contribution in [0.4, 0.5) is 0 Å². The third kappa shape index (κ3) is 2.95. The summed E-state index contributed by atoms with van der Waals surface area (Å²) in [6.45, 7) is 0. The highest BCUT2D eigenvalue weighted by atomic mass is 35.5. The molecule has 0 atom stereocenters. The van der Waals surface area contributed by atoms with E-state index in [-0.39, 0.29) is 11.6 Å². The predicted molar refractivity (Wildman–Crippen MR) is 94.3 cm³/mol. The van der Waals surface area contributed by atoms with E-state index in [1.54, 1.807) is 36.5 Å². The Kier molecular flexibility index (Phi) is 3.87. The molecule has 0 unspecified atom stereocenters. The number of H-pyrrole nitrogens is 2. The molecule has 0 aliphatic heterocycles. The molecule has 122 valence electrons. The molecular weight excluding hydrogens is 338 g/mol. The number of nitrogens with zero attached hydrogens (tertiary/aromatic N) is 3. The van der Waals surface area contributed by atoms with Crippen LogP contribution in [0.3, 0.4) is 0 Å². The summed E-state index contributed by atoms with van der Waals surface area (Å²) in [6.07, 6.45) is 1.68. The highest BCUT2D eigenvalue weighted by Crippen LogP contribution is 2.29. The Balaban J connectivity index is 1.70. The molecule has 7 heteroatoms. The van der Waals surface area contributed by atoms with E-state index in [9.17, 15) is 4.79 Å². The number of halogens is 1. The summed E-state index contributed by atoms with van der Waals surface area (Å²) in [5, 5.41) is 14.4. The zero-order valence-corrected chi connectivity index (χ0v) is 13.7. The van der Waals surface area contributed by atoms with Gasteiger partial charge in [0.15, 0.2) is 11.6 Å². The van der Waals surface area contributed by atoms with Crippen molar-refractivity contribution in [1.29, 1.82) is 0 Å². The minimum atomic E-state index is -0.219. The van der Waals surface area contributed by atoms with Gasteiger partial charge in [-0.05, 0) is 17.7 Å². The first-order valence-corrected chi connectivity index (χ1v) is 7.92. The summed E-state index contributed by atoms with van der Waals surface area (Å²) < 4.78 is 0. The molecule has 0 aliphatic rings. The van der Waals surface area contributed by atoms with E-state index in [0.717, 1.165) is 11.1 Å². The summed E-state index contributed by atoms with van der Waals surface area (Å²) in [4.78, 5) is 16.8. The summed E-state index contributed by atoms with van der Waals surface area (Å²) >= 11 is 6.06. The van der Waals surface area contributed by atoms with Crippen molar-refractivity contribution < 1.29 is 4.79 Å². The maximum atomic E-state index is 12.5. The molecule has 2 aromatic carbocycles. The Morgan fingerprint density at radius 1 is 1.00 bits per heavy atom. The van der Waals surface area contributed by atoms with Crippen molar-refractivity contribution in [3.05, 3.63) is 77.2 Å². The van der Waals surface area contributed by atoms with Crippen LogP contribution in [0, 0.1) is 0 Å². The molecule has 4 rings (SSSR count). The minimum absolute atomic E-state index is 0.174. The number of aromatic amines is 2. The fraction of sp³-hybridized carbons (Fsp3) is 0. The summed E-state index contributed by atoms with van der Waals surface area (Å²) in [6, 6.07) is 16.3. The van der Waals surface area contributed by atoms with Crippen molar-refractivity contribution in [2.45, 2.75) is 0 Å². The van der Waals surface area contributed by atoms with Crippen LogP contribution in [0.1, 0.15) is 16.2 Å². The van der Waals surface area contributed by atoms with Crippen molar-refractivity contribution in [3.63, 3.8) is 0 Å². The number of aromatic nitrogens is 5. The molecular formula is C18H12ClN5O. The van der Waals surface area contributed by atoms with Gasteiger partial charge in [-0.25, -0.2) is 4.98 Å². The number of nitrogens with one attached hydrogen (secondary N) is 2. The van der Waals surface area contributed by atoms with E-state index in [0.29, 0.717) is 22.1 Å². The van der Waals surface area contributed by atoms with E-state index >= 15 is 0 Å². The molecule has 0 radical (unpaired) electrons. The smallest absolute Gasteiger partial charge is 0.229 e. The van der Waals surface area contributed by atoms with Gasteiger partial charge in [0, 0.05) is 16.1 Å². The second-order valence-electron chi connectivity index (χ2n) is 5.37. The Morgan fingerprint density at radius 3 is 2.64 bits per heavy atom. The highest BCUT2D eigenvalue weighted by Gasteiger charge is 2.18. The van der Waals surface area contributed by atoms with Gasteiger partial charge in [0.25, 0.3) is 0 Å². The normalized spacial score (nSPS) is 10.8. The van der Waals surface area contributed by atoms with E-state index in [2.05, 4.69) is 25.4 Å². The third-order valence-corrected chi connectivity index (χ3v) is 3.97. The summed E-state index contributed by atoms with van der Waals surface area (Å²) in [5.41, 5.74) is 2.85. The second kappa shape index (κ2) is 6.33. The lowest BCUT2D eigenvalue weighted by molar-refractivity contribution is 0.103. The fourth-order valence-electron chi connectivity index (χ4n) is 2.53. The lowest BCUT2D eigenvalue weighted by Crippen LogP contribution is -2.03. The van der Waals surface area contributed by atoms with Crippen molar-refractivity contribution >= 4 is 17.4 Å². The maximum absolute atomic E-state index is 12.5. The molecule has 25 heavy (non-hydrogen) atoms. The number of rotatable bonds is 4. The first-order chi connectivity index (χ1) is 12.2. The Bertz CT molecular complexity index is 1040. The average molecular weight is 350 g/mol. The van der Waals surface area contributed by atoms with Crippen LogP contribution in [0.15, 0.2) is 60.8 Å². The van der Waals surface area contributed by atoms with Crippen molar-refractivity contribution in [1.82, 2.24) is 25.4 Å². The summed E-state index contributed by atoms with van der Waals surface area (Å²) in [5.74, 6) is 0.322.